The zero-order valence-electron chi connectivity index (χ0n) is 12.2. The minimum absolute atomic E-state index is 0.261. The largest absolute Gasteiger partial charge is 0.405 e. The summed E-state index contributed by atoms with van der Waals surface area (Å²) in [6, 6.07) is 6.51. The number of rotatable bonds is 7. The summed E-state index contributed by atoms with van der Waals surface area (Å²) in [4.78, 5) is 27.2. The van der Waals surface area contributed by atoms with Crippen molar-refractivity contribution in [3.63, 3.8) is 0 Å². The molecule has 0 aliphatic heterocycles. The molecule has 0 unspecified atom stereocenters. The predicted molar refractivity (Wildman–Crippen MR) is 81.3 cm³/mol. The van der Waals surface area contributed by atoms with E-state index in [-0.39, 0.29) is 12.3 Å². The van der Waals surface area contributed by atoms with E-state index in [0.29, 0.717) is 10.7 Å². The Morgan fingerprint density at radius 3 is 2.54 bits per heavy atom. The molecular weight excluding hydrogens is 353 g/mol. The lowest BCUT2D eigenvalue weighted by Gasteiger charge is -2.08. The molecule has 0 radical (unpaired) electrons. The third-order valence-corrected chi connectivity index (χ3v) is 2.68. The predicted octanol–water partition coefficient (Wildman–Crippen LogP) is 1.64. The molecule has 1 aromatic carbocycles. The van der Waals surface area contributed by atoms with Gasteiger partial charge in [-0.05, 0) is 12.1 Å². The van der Waals surface area contributed by atoms with E-state index in [4.69, 9.17) is 17.3 Å². The first kappa shape index (κ1) is 19.6. The van der Waals surface area contributed by atoms with Gasteiger partial charge in [0.05, 0.1) is 17.1 Å². The van der Waals surface area contributed by atoms with Crippen LogP contribution in [-0.2, 0) is 14.4 Å². The highest BCUT2D eigenvalue weighted by Gasteiger charge is 2.27. The molecule has 24 heavy (non-hydrogen) atoms. The van der Waals surface area contributed by atoms with Gasteiger partial charge < -0.3 is 21.2 Å². The molecular formula is C13H14ClF3N4O3. The van der Waals surface area contributed by atoms with E-state index in [0.717, 1.165) is 0 Å². The smallest absolute Gasteiger partial charge is 0.384 e. The monoisotopic (exact) mass is 366 g/mol. The van der Waals surface area contributed by atoms with E-state index in [9.17, 15) is 22.8 Å². The molecule has 0 aliphatic carbocycles. The lowest BCUT2D eigenvalue weighted by atomic mass is 10.3. The maximum atomic E-state index is 11.9. The van der Waals surface area contributed by atoms with E-state index < -0.39 is 31.1 Å². The number of alkyl halides is 3. The first-order valence-corrected chi connectivity index (χ1v) is 6.87. The van der Waals surface area contributed by atoms with Gasteiger partial charge in [0, 0.05) is 0 Å². The van der Waals surface area contributed by atoms with Crippen LogP contribution >= 0.6 is 11.6 Å². The van der Waals surface area contributed by atoms with Crippen molar-refractivity contribution in [2.75, 3.05) is 18.5 Å². The Labute approximate surface area is 140 Å². The third-order valence-electron chi connectivity index (χ3n) is 2.35. The number of amides is 2. The highest BCUT2D eigenvalue weighted by Crippen LogP contribution is 2.20. The van der Waals surface area contributed by atoms with E-state index in [1.807, 2.05) is 0 Å². The molecule has 0 saturated carbocycles. The van der Waals surface area contributed by atoms with Gasteiger partial charge in [0.15, 0.2) is 6.61 Å². The summed E-state index contributed by atoms with van der Waals surface area (Å²) < 4.78 is 35.6. The number of para-hydroxylation sites is 1. The fourth-order valence-electron chi connectivity index (χ4n) is 1.38. The molecule has 4 N–H and O–H groups in total. The Morgan fingerprint density at radius 2 is 1.92 bits per heavy atom. The van der Waals surface area contributed by atoms with Crippen LogP contribution < -0.4 is 16.4 Å². The zero-order chi connectivity index (χ0) is 18.2. The molecule has 1 rings (SSSR count). The van der Waals surface area contributed by atoms with Gasteiger partial charge in [-0.25, -0.2) is 0 Å². The van der Waals surface area contributed by atoms with Crippen molar-refractivity contribution in [2.24, 2.45) is 10.9 Å². The van der Waals surface area contributed by atoms with Gasteiger partial charge in [-0.2, -0.15) is 13.2 Å². The number of nitrogens with zero attached hydrogens (tertiary/aromatic N) is 1. The number of halogens is 4. The second kappa shape index (κ2) is 8.96. The number of benzene rings is 1. The van der Waals surface area contributed by atoms with Crippen molar-refractivity contribution in [1.82, 2.24) is 5.32 Å². The molecule has 7 nitrogen and oxygen atoms in total. The van der Waals surface area contributed by atoms with Crippen molar-refractivity contribution in [3.8, 4) is 0 Å². The molecule has 0 aliphatic rings. The Hall–Kier alpha value is -2.49. The van der Waals surface area contributed by atoms with Crippen molar-refractivity contribution in [2.45, 2.75) is 12.6 Å². The SMILES string of the molecule is NC(CC(=O)Nc1ccccc1Cl)=NOCC(=O)NCC(F)(F)F. The van der Waals surface area contributed by atoms with Gasteiger partial charge in [0.25, 0.3) is 5.91 Å². The van der Waals surface area contributed by atoms with Gasteiger partial charge in [0.1, 0.15) is 12.4 Å². The minimum Gasteiger partial charge on any atom is -0.384 e. The zero-order valence-corrected chi connectivity index (χ0v) is 12.9. The summed E-state index contributed by atoms with van der Waals surface area (Å²) in [5.41, 5.74) is 5.79. The van der Waals surface area contributed by atoms with Gasteiger partial charge >= 0.3 is 6.18 Å². The second-order valence-corrected chi connectivity index (χ2v) is 4.86. The van der Waals surface area contributed by atoms with Crippen molar-refractivity contribution in [1.29, 1.82) is 0 Å². The highest BCUT2D eigenvalue weighted by atomic mass is 35.5. The topological polar surface area (TPSA) is 106 Å². The molecule has 0 spiro atoms. The van der Waals surface area contributed by atoms with E-state index in [1.165, 1.54) is 0 Å². The van der Waals surface area contributed by atoms with Crippen LogP contribution in [0.15, 0.2) is 29.4 Å². The Bertz CT molecular complexity index is 623. The molecule has 0 aromatic heterocycles. The Kier molecular flexibility index (Phi) is 7.31. The van der Waals surface area contributed by atoms with Crippen LogP contribution in [0.2, 0.25) is 5.02 Å². The minimum atomic E-state index is -4.52. The number of amidine groups is 1. The first-order valence-electron chi connectivity index (χ1n) is 6.49. The fourth-order valence-corrected chi connectivity index (χ4v) is 1.56. The number of hydrogen-bond acceptors (Lipinski definition) is 4. The van der Waals surface area contributed by atoms with Crippen LogP contribution in [0.1, 0.15) is 6.42 Å². The molecule has 0 atom stereocenters. The maximum Gasteiger partial charge on any atom is 0.405 e. The summed E-state index contributed by atoms with van der Waals surface area (Å²) in [6.07, 6.45) is -4.87. The summed E-state index contributed by atoms with van der Waals surface area (Å²) in [5, 5.41) is 7.67. The normalized spacial score (nSPS) is 11.8. The highest BCUT2D eigenvalue weighted by molar-refractivity contribution is 6.33. The standard InChI is InChI=1S/C13H14ClF3N4O3/c14-8-3-1-2-4-9(8)20-11(22)5-10(18)21-24-6-12(23)19-7-13(15,16)17/h1-4H,5-7H2,(H2,18,21)(H,19,23)(H,20,22). The van der Waals surface area contributed by atoms with Crippen LogP contribution in [0.4, 0.5) is 18.9 Å². The van der Waals surface area contributed by atoms with Crippen LogP contribution in [0.3, 0.4) is 0 Å². The van der Waals surface area contributed by atoms with Gasteiger partial charge in [-0.1, -0.05) is 28.9 Å². The number of carbonyl (C=O) groups excluding carboxylic acids is 2. The first-order chi connectivity index (χ1) is 11.2. The number of carbonyl (C=O) groups is 2. The van der Waals surface area contributed by atoms with Crippen LogP contribution in [0, 0.1) is 0 Å². The molecule has 0 heterocycles. The molecule has 132 valence electrons. The number of oxime groups is 1. The van der Waals surface area contributed by atoms with Crippen molar-refractivity contribution in [3.05, 3.63) is 29.3 Å². The molecule has 1 aromatic rings. The van der Waals surface area contributed by atoms with Gasteiger partial charge in [-0.3, -0.25) is 9.59 Å². The molecule has 11 heteroatoms. The van der Waals surface area contributed by atoms with E-state index in [1.54, 1.807) is 29.6 Å². The molecule has 0 saturated heterocycles. The quantitative estimate of drug-likeness (QED) is 0.387. The van der Waals surface area contributed by atoms with E-state index in [2.05, 4.69) is 15.3 Å². The van der Waals surface area contributed by atoms with Crippen LogP contribution in [0.5, 0.6) is 0 Å². The summed E-state index contributed by atoms with van der Waals surface area (Å²) in [5.74, 6) is -1.82. The maximum absolute atomic E-state index is 11.9. The lowest BCUT2D eigenvalue weighted by Crippen LogP contribution is -2.35. The second-order valence-electron chi connectivity index (χ2n) is 4.45. The lowest BCUT2D eigenvalue weighted by molar-refractivity contribution is -0.141. The van der Waals surface area contributed by atoms with Gasteiger partial charge in [0.2, 0.25) is 5.91 Å². The number of nitrogens with one attached hydrogen (secondary N) is 2. The average Bonchev–Trinajstić information content (AvgIpc) is 2.46. The van der Waals surface area contributed by atoms with Gasteiger partial charge in [-0.15, -0.1) is 0 Å². The molecule has 2 amide bonds. The average molecular weight is 367 g/mol. The molecule has 0 fully saturated rings. The number of hydrogen-bond donors (Lipinski definition) is 3. The number of anilines is 1. The third kappa shape index (κ3) is 8.22. The van der Waals surface area contributed by atoms with Crippen LogP contribution in [-0.4, -0.2) is 37.0 Å². The molecule has 0 bridgehead atoms. The fraction of sp³-hybridized carbons (Fsp3) is 0.308. The van der Waals surface area contributed by atoms with Crippen molar-refractivity contribution < 1.29 is 27.6 Å². The summed E-state index contributed by atoms with van der Waals surface area (Å²) in [6.45, 7) is -2.24. The summed E-state index contributed by atoms with van der Waals surface area (Å²) in [7, 11) is 0. The number of nitrogens with two attached hydrogens (primary N) is 1. The van der Waals surface area contributed by atoms with Crippen LogP contribution in [0.25, 0.3) is 0 Å². The van der Waals surface area contributed by atoms with Crippen molar-refractivity contribution >= 4 is 34.9 Å². The van der Waals surface area contributed by atoms with E-state index >= 15 is 0 Å². The Balaban J connectivity index is 2.35. The summed E-state index contributed by atoms with van der Waals surface area (Å²) >= 11 is 5.86. The Morgan fingerprint density at radius 1 is 1.25 bits per heavy atom.